The Bertz CT molecular complexity index is 372. The van der Waals surface area contributed by atoms with Crippen LogP contribution >= 0.6 is 0 Å². The number of carbonyl (C=O) groups excluding carboxylic acids is 1. The molecule has 1 aliphatic rings. The summed E-state index contributed by atoms with van der Waals surface area (Å²) in [6, 6.07) is 0.310. The second-order valence-corrected chi connectivity index (χ2v) is 4.40. The van der Waals surface area contributed by atoms with Crippen LogP contribution in [0, 0.1) is 12.8 Å². The molecule has 2 unspecified atom stereocenters. The predicted molar refractivity (Wildman–Crippen MR) is 55.5 cm³/mol. The zero-order valence-corrected chi connectivity index (χ0v) is 9.36. The van der Waals surface area contributed by atoms with Crippen molar-refractivity contribution in [2.45, 2.75) is 33.2 Å². The van der Waals surface area contributed by atoms with E-state index in [-0.39, 0.29) is 5.91 Å². The lowest BCUT2D eigenvalue weighted by molar-refractivity contribution is 0.0737. The number of rotatable bonds is 1. The van der Waals surface area contributed by atoms with Crippen LogP contribution in [0.15, 0.2) is 10.7 Å². The molecule has 2 atom stereocenters. The fourth-order valence-corrected chi connectivity index (χ4v) is 2.19. The molecule has 2 heterocycles. The highest BCUT2D eigenvalue weighted by Crippen LogP contribution is 2.23. The Hall–Kier alpha value is -1.32. The highest BCUT2D eigenvalue weighted by Gasteiger charge is 2.31. The van der Waals surface area contributed by atoms with E-state index >= 15 is 0 Å². The Kier molecular flexibility index (Phi) is 2.50. The number of nitrogens with zero attached hydrogens (tertiary/aromatic N) is 2. The lowest BCUT2D eigenvalue weighted by Crippen LogP contribution is -2.34. The third-order valence-corrected chi connectivity index (χ3v) is 2.88. The van der Waals surface area contributed by atoms with E-state index < -0.39 is 0 Å². The minimum atomic E-state index is -0.0105. The molecule has 0 saturated carbocycles. The van der Waals surface area contributed by atoms with E-state index in [1.165, 1.54) is 6.26 Å². The standard InChI is InChI=1S/C11H16N2O2/c1-7-4-8(2)13(5-7)11(14)10-6-15-9(3)12-10/h6-8H,4-5H2,1-3H3. The number of amides is 1. The van der Waals surface area contributed by atoms with Crippen molar-refractivity contribution in [1.29, 1.82) is 0 Å². The van der Waals surface area contributed by atoms with E-state index in [4.69, 9.17) is 4.42 Å². The van der Waals surface area contributed by atoms with Gasteiger partial charge in [0.2, 0.25) is 0 Å². The van der Waals surface area contributed by atoms with Crippen molar-refractivity contribution in [3.05, 3.63) is 17.8 Å². The van der Waals surface area contributed by atoms with Crippen molar-refractivity contribution >= 4 is 5.91 Å². The van der Waals surface area contributed by atoms with E-state index in [2.05, 4.69) is 18.8 Å². The Balaban J connectivity index is 2.15. The lowest BCUT2D eigenvalue weighted by Gasteiger charge is -2.19. The molecule has 15 heavy (non-hydrogen) atoms. The maximum absolute atomic E-state index is 12.0. The van der Waals surface area contributed by atoms with Crippen molar-refractivity contribution in [3.8, 4) is 0 Å². The molecule has 1 aromatic heterocycles. The lowest BCUT2D eigenvalue weighted by atomic mass is 10.1. The van der Waals surface area contributed by atoms with Crippen molar-refractivity contribution in [3.63, 3.8) is 0 Å². The summed E-state index contributed by atoms with van der Waals surface area (Å²) >= 11 is 0. The van der Waals surface area contributed by atoms with Crippen LogP contribution in [0.1, 0.15) is 36.6 Å². The predicted octanol–water partition coefficient (Wildman–Crippen LogP) is 1.85. The van der Waals surface area contributed by atoms with Crippen LogP contribution in [-0.2, 0) is 0 Å². The molecule has 0 aliphatic carbocycles. The molecule has 0 radical (unpaired) electrons. The third-order valence-electron chi connectivity index (χ3n) is 2.88. The Morgan fingerprint density at radius 2 is 2.33 bits per heavy atom. The minimum Gasteiger partial charge on any atom is -0.448 e. The summed E-state index contributed by atoms with van der Waals surface area (Å²) in [4.78, 5) is 18.0. The molecule has 1 saturated heterocycles. The normalized spacial score (nSPS) is 25.9. The highest BCUT2D eigenvalue weighted by atomic mass is 16.3. The first-order chi connectivity index (χ1) is 7.08. The monoisotopic (exact) mass is 208 g/mol. The van der Waals surface area contributed by atoms with E-state index in [1.54, 1.807) is 6.92 Å². The molecule has 1 aromatic rings. The van der Waals surface area contributed by atoms with Gasteiger partial charge in [-0.3, -0.25) is 4.79 Å². The molecule has 0 aromatic carbocycles. The van der Waals surface area contributed by atoms with Crippen LogP contribution in [0.3, 0.4) is 0 Å². The molecule has 4 nitrogen and oxygen atoms in total. The van der Waals surface area contributed by atoms with Crippen LogP contribution in [-0.4, -0.2) is 28.4 Å². The molecule has 1 fully saturated rings. The van der Waals surface area contributed by atoms with E-state index in [0.29, 0.717) is 23.5 Å². The van der Waals surface area contributed by atoms with E-state index in [1.807, 2.05) is 4.90 Å². The maximum Gasteiger partial charge on any atom is 0.276 e. The van der Waals surface area contributed by atoms with Gasteiger partial charge in [-0.15, -0.1) is 0 Å². The van der Waals surface area contributed by atoms with Gasteiger partial charge in [-0.1, -0.05) is 6.92 Å². The second kappa shape index (κ2) is 3.68. The van der Waals surface area contributed by atoms with Crippen LogP contribution in [0.4, 0.5) is 0 Å². The van der Waals surface area contributed by atoms with Gasteiger partial charge in [-0.2, -0.15) is 0 Å². The molecule has 4 heteroatoms. The Morgan fingerprint density at radius 3 is 2.80 bits per heavy atom. The fourth-order valence-electron chi connectivity index (χ4n) is 2.19. The van der Waals surface area contributed by atoms with Crippen LogP contribution in [0.2, 0.25) is 0 Å². The highest BCUT2D eigenvalue weighted by molar-refractivity contribution is 5.92. The van der Waals surface area contributed by atoms with Gasteiger partial charge in [0.15, 0.2) is 11.6 Å². The first-order valence-electron chi connectivity index (χ1n) is 5.31. The summed E-state index contributed by atoms with van der Waals surface area (Å²) in [7, 11) is 0. The summed E-state index contributed by atoms with van der Waals surface area (Å²) in [6.07, 6.45) is 2.51. The van der Waals surface area contributed by atoms with Gasteiger partial charge < -0.3 is 9.32 Å². The van der Waals surface area contributed by atoms with Crippen molar-refractivity contribution in [2.24, 2.45) is 5.92 Å². The van der Waals surface area contributed by atoms with Gasteiger partial charge in [0.1, 0.15) is 6.26 Å². The summed E-state index contributed by atoms with van der Waals surface area (Å²) in [6.45, 7) is 6.81. The zero-order valence-electron chi connectivity index (χ0n) is 9.36. The number of hydrogen-bond donors (Lipinski definition) is 0. The topological polar surface area (TPSA) is 46.3 Å². The number of aromatic nitrogens is 1. The molecule has 0 spiro atoms. The van der Waals surface area contributed by atoms with Gasteiger partial charge in [-0.05, 0) is 19.3 Å². The second-order valence-electron chi connectivity index (χ2n) is 4.40. The number of aryl methyl sites for hydroxylation is 1. The molecule has 82 valence electrons. The number of likely N-dealkylation sites (tertiary alicyclic amines) is 1. The Morgan fingerprint density at radius 1 is 1.60 bits per heavy atom. The average Bonchev–Trinajstić information content (AvgIpc) is 2.71. The Labute approximate surface area is 89.3 Å². The minimum absolute atomic E-state index is 0.0105. The molecule has 1 amide bonds. The maximum atomic E-state index is 12.0. The first-order valence-corrected chi connectivity index (χ1v) is 5.31. The van der Waals surface area contributed by atoms with Crippen molar-refractivity contribution in [1.82, 2.24) is 9.88 Å². The van der Waals surface area contributed by atoms with Gasteiger partial charge in [-0.25, -0.2) is 4.98 Å². The summed E-state index contributed by atoms with van der Waals surface area (Å²) in [5.41, 5.74) is 0.424. The fraction of sp³-hybridized carbons (Fsp3) is 0.636. The molecular formula is C11H16N2O2. The average molecular weight is 208 g/mol. The van der Waals surface area contributed by atoms with Gasteiger partial charge >= 0.3 is 0 Å². The van der Waals surface area contributed by atoms with Gasteiger partial charge in [0.25, 0.3) is 5.91 Å². The molecule has 2 rings (SSSR count). The SMILES string of the molecule is Cc1nc(C(=O)N2CC(C)CC2C)co1. The molecule has 0 N–H and O–H groups in total. The van der Waals surface area contributed by atoms with Crippen molar-refractivity contribution in [2.75, 3.05) is 6.54 Å². The molecule has 1 aliphatic heterocycles. The summed E-state index contributed by atoms with van der Waals surface area (Å²) in [5.74, 6) is 1.11. The van der Waals surface area contributed by atoms with Gasteiger partial charge in [0, 0.05) is 19.5 Å². The molecular weight excluding hydrogens is 192 g/mol. The van der Waals surface area contributed by atoms with Crippen molar-refractivity contribution < 1.29 is 9.21 Å². The molecule has 0 bridgehead atoms. The quantitative estimate of drug-likeness (QED) is 0.707. The smallest absolute Gasteiger partial charge is 0.276 e. The largest absolute Gasteiger partial charge is 0.448 e. The number of oxazole rings is 1. The van der Waals surface area contributed by atoms with Crippen LogP contribution in [0.25, 0.3) is 0 Å². The third kappa shape index (κ3) is 1.89. The first kappa shape index (κ1) is 10.2. The number of carbonyl (C=O) groups is 1. The van der Waals surface area contributed by atoms with E-state index in [9.17, 15) is 4.79 Å². The van der Waals surface area contributed by atoms with Gasteiger partial charge in [0.05, 0.1) is 0 Å². The number of hydrogen-bond acceptors (Lipinski definition) is 3. The summed E-state index contributed by atoms with van der Waals surface area (Å²) in [5, 5.41) is 0. The van der Waals surface area contributed by atoms with Crippen LogP contribution in [0.5, 0.6) is 0 Å². The summed E-state index contributed by atoms with van der Waals surface area (Å²) < 4.78 is 5.05. The van der Waals surface area contributed by atoms with Crippen LogP contribution < -0.4 is 0 Å². The zero-order chi connectivity index (χ0) is 11.0. The van der Waals surface area contributed by atoms with E-state index in [0.717, 1.165) is 13.0 Å².